The SMILES string of the molecule is CCOC(=O)c1csc(NC(=O)[C@@H](CCCCNS(N)(=O)=O)NC(=O)OCc2ccccc2)n1. The van der Waals surface area contributed by atoms with Crippen molar-refractivity contribution in [3.63, 3.8) is 0 Å². The van der Waals surface area contributed by atoms with Gasteiger partial charge in [-0.2, -0.15) is 8.42 Å². The molecule has 1 heterocycles. The van der Waals surface area contributed by atoms with Crippen LogP contribution in [-0.2, 0) is 31.1 Å². The number of nitrogens with two attached hydrogens (primary N) is 1. The number of rotatable bonds is 13. The van der Waals surface area contributed by atoms with Crippen LogP contribution in [0.25, 0.3) is 0 Å². The summed E-state index contributed by atoms with van der Waals surface area (Å²) < 4.78 is 34.1. The number of benzene rings is 1. The molecule has 0 spiro atoms. The normalized spacial score (nSPS) is 11.9. The Morgan fingerprint density at radius 3 is 2.56 bits per heavy atom. The first kappa shape index (κ1) is 27.2. The van der Waals surface area contributed by atoms with Crippen molar-refractivity contribution >= 4 is 44.6 Å². The van der Waals surface area contributed by atoms with Gasteiger partial charge in [0.2, 0.25) is 5.91 Å². The Bertz CT molecular complexity index is 1060. The lowest BCUT2D eigenvalue weighted by Crippen LogP contribution is -2.44. The van der Waals surface area contributed by atoms with Crippen molar-refractivity contribution in [1.82, 2.24) is 15.0 Å². The summed E-state index contributed by atoms with van der Waals surface area (Å²) in [5, 5.41) is 11.6. The van der Waals surface area contributed by atoms with E-state index < -0.39 is 34.2 Å². The second-order valence-electron chi connectivity index (χ2n) is 6.94. The summed E-state index contributed by atoms with van der Waals surface area (Å²) in [6.45, 7) is 1.96. The first-order valence-corrected chi connectivity index (χ1v) is 12.8. The molecule has 0 radical (unpaired) electrons. The number of aromatic nitrogens is 1. The van der Waals surface area contributed by atoms with E-state index in [1.165, 1.54) is 5.38 Å². The van der Waals surface area contributed by atoms with Gasteiger partial charge in [-0.1, -0.05) is 30.3 Å². The van der Waals surface area contributed by atoms with Crippen LogP contribution in [0.2, 0.25) is 0 Å². The molecule has 2 rings (SSSR count). The Hall–Kier alpha value is -3.07. The quantitative estimate of drug-likeness (QED) is 0.230. The molecule has 0 bridgehead atoms. The van der Waals surface area contributed by atoms with Crippen LogP contribution in [0.4, 0.5) is 9.93 Å². The Kier molecular flexibility index (Phi) is 10.9. The van der Waals surface area contributed by atoms with Gasteiger partial charge in [0.15, 0.2) is 10.8 Å². The lowest BCUT2D eigenvalue weighted by atomic mass is 10.1. The van der Waals surface area contributed by atoms with E-state index in [0.717, 1.165) is 16.9 Å². The molecule has 34 heavy (non-hydrogen) atoms. The van der Waals surface area contributed by atoms with Crippen molar-refractivity contribution in [1.29, 1.82) is 0 Å². The number of hydrogen-bond acceptors (Lipinski definition) is 9. The predicted molar refractivity (Wildman–Crippen MR) is 125 cm³/mol. The molecule has 0 aliphatic heterocycles. The van der Waals surface area contributed by atoms with E-state index in [1.54, 1.807) is 31.2 Å². The van der Waals surface area contributed by atoms with Gasteiger partial charge in [-0.25, -0.2) is 24.4 Å². The topological polar surface area (TPSA) is 179 Å². The number of ether oxygens (including phenoxy) is 2. The third kappa shape index (κ3) is 10.2. The third-order valence-corrected chi connectivity index (χ3v) is 5.63. The van der Waals surface area contributed by atoms with Crippen LogP contribution in [0.15, 0.2) is 35.7 Å². The highest BCUT2D eigenvalue weighted by Crippen LogP contribution is 2.17. The highest BCUT2D eigenvalue weighted by Gasteiger charge is 2.23. The van der Waals surface area contributed by atoms with Crippen LogP contribution in [-0.4, -0.2) is 50.6 Å². The Morgan fingerprint density at radius 1 is 1.15 bits per heavy atom. The second kappa shape index (κ2) is 13.6. The summed E-state index contributed by atoms with van der Waals surface area (Å²) in [7, 11) is -3.81. The molecule has 2 amide bonds. The van der Waals surface area contributed by atoms with Gasteiger partial charge in [-0.05, 0) is 31.7 Å². The first-order chi connectivity index (χ1) is 16.2. The number of alkyl carbamates (subject to hydrolysis) is 1. The number of carbonyl (C=O) groups excluding carboxylic acids is 3. The van der Waals surface area contributed by atoms with Crippen LogP contribution in [0.5, 0.6) is 0 Å². The lowest BCUT2D eigenvalue weighted by Gasteiger charge is -2.17. The number of carbonyl (C=O) groups is 3. The molecule has 0 fully saturated rings. The zero-order valence-corrected chi connectivity index (χ0v) is 20.1. The van der Waals surface area contributed by atoms with E-state index in [1.807, 2.05) is 6.07 Å². The number of esters is 1. The minimum atomic E-state index is -3.81. The molecule has 14 heteroatoms. The molecule has 186 valence electrons. The number of nitrogens with zero attached hydrogens (tertiary/aromatic N) is 1. The highest BCUT2D eigenvalue weighted by molar-refractivity contribution is 7.87. The summed E-state index contributed by atoms with van der Waals surface area (Å²) in [4.78, 5) is 40.8. The van der Waals surface area contributed by atoms with Gasteiger partial charge < -0.3 is 20.1 Å². The molecular weight excluding hydrogens is 486 g/mol. The standard InChI is InChI=1S/C20H27N5O7S2/c1-2-31-18(27)16-13-33-19(23-16)25-17(26)15(10-6-7-11-22-34(21,29)30)24-20(28)32-12-14-8-4-3-5-9-14/h3-5,8-9,13,15,22H,2,6-7,10-12H2,1H3,(H,24,28)(H2,21,29,30)(H,23,25,26)/t15-/m1/s1. The van der Waals surface area contributed by atoms with E-state index in [4.69, 9.17) is 14.6 Å². The van der Waals surface area contributed by atoms with Crippen molar-refractivity contribution in [3.8, 4) is 0 Å². The first-order valence-electron chi connectivity index (χ1n) is 10.4. The monoisotopic (exact) mass is 513 g/mol. The molecule has 2 aromatic rings. The highest BCUT2D eigenvalue weighted by atomic mass is 32.2. The van der Waals surface area contributed by atoms with E-state index in [-0.39, 0.29) is 37.0 Å². The molecule has 0 saturated heterocycles. The zero-order valence-electron chi connectivity index (χ0n) is 18.5. The molecule has 1 aromatic heterocycles. The van der Waals surface area contributed by atoms with Crippen LogP contribution in [0, 0.1) is 0 Å². The van der Waals surface area contributed by atoms with Crippen molar-refractivity contribution in [3.05, 3.63) is 47.0 Å². The van der Waals surface area contributed by atoms with Gasteiger partial charge in [-0.15, -0.1) is 11.3 Å². The predicted octanol–water partition coefficient (Wildman–Crippen LogP) is 1.52. The fourth-order valence-electron chi connectivity index (χ4n) is 2.69. The van der Waals surface area contributed by atoms with Gasteiger partial charge in [0, 0.05) is 11.9 Å². The van der Waals surface area contributed by atoms with Crippen LogP contribution in [0.3, 0.4) is 0 Å². The molecule has 0 saturated carbocycles. The average Bonchev–Trinajstić information content (AvgIpc) is 3.25. The maximum atomic E-state index is 12.8. The van der Waals surface area contributed by atoms with Crippen LogP contribution < -0.4 is 20.5 Å². The van der Waals surface area contributed by atoms with Crippen LogP contribution >= 0.6 is 11.3 Å². The molecule has 0 aliphatic rings. The number of anilines is 1. The Balaban J connectivity index is 1.96. The zero-order chi connectivity index (χ0) is 25.0. The van der Waals surface area contributed by atoms with Crippen molar-refractivity contribution in [2.75, 3.05) is 18.5 Å². The van der Waals surface area contributed by atoms with Crippen molar-refractivity contribution in [2.45, 2.75) is 38.8 Å². The number of nitrogens with one attached hydrogen (secondary N) is 3. The van der Waals surface area contributed by atoms with Gasteiger partial charge in [0.1, 0.15) is 12.6 Å². The average molecular weight is 514 g/mol. The summed E-state index contributed by atoms with van der Waals surface area (Å²) in [6, 6.07) is 8.04. The lowest BCUT2D eigenvalue weighted by molar-refractivity contribution is -0.118. The summed E-state index contributed by atoms with van der Waals surface area (Å²) in [5.74, 6) is -1.18. The summed E-state index contributed by atoms with van der Waals surface area (Å²) in [5.41, 5.74) is 0.838. The fourth-order valence-corrected chi connectivity index (χ4v) is 3.80. The molecule has 0 aliphatic carbocycles. The van der Waals surface area contributed by atoms with Crippen molar-refractivity contribution < 1.29 is 32.3 Å². The smallest absolute Gasteiger partial charge is 0.408 e. The van der Waals surface area contributed by atoms with E-state index in [2.05, 4.69) is 20.3 Å². The number of hydrogen-bond donors (Lipinski definition) is 4. The van der Waals surface area contributed by atoms with E-state index in [0.29, 0.717) is 12.8 Å². The number of thiazole rings is 1. The second-order valence-corrected chi connectivity index (χ2v) is 9.18. The maximum absolute atomic E-state index is 12.8. The van der Waals surface area contributed by atoms with E-state index in [9.17, 15) is 22.8 Å². The molecule has 1 atom stereocenters. The van der Waals surface area contributed by atoms with Gasteiger partial charge in [0.05, 0.1) is 6.61 Å². The van der Waals surface area contributed by atoms with Gasteiger partial charge in [0.25, 0.3) is 10.2 Å². The van der Waals surface area contributed by atoms with Gasteiger partial charge in [-0.3, -0.25) is 4.79 Å². The minimum Gasteiger partial charge on any atom is -0.461 e. The molecule has 0 unspecified atom stereocenters. The third-order valence-electron chi connectivity index (χ3n) is 4.26. The maximum Gasteiger partial charge on any atom is 0.408 e. The number of unbranched alkanes of at least 4 members (excludes halogenated alkanes) is 1. The molecule has 1 aromatic carbocycles. The van der Waals surface area contributed by atoms with Crippen molar-refractivity contribution in [2.24, 2.45) is 5.14 Å². The number of amides is 2. The molecule has 5 N–H and O–H groups in total. The summed E-state index contributed by atoms with van der Waals surface area (Å²) >= 11 is 1.03. The van der Waals surface area contributed by atoms with E-state index >= 15 is 0 Å². The minimum absolute atomic E-state index is 0.0225. The summed E-state index contributed by atoms with van der Waals surface area (Å²) in [6.07, 6.45) is 0.170. The Morgan fingerprint density at radius 2 is 1.88 bits per heavy atom. The largest absolute Gasteiger partial charge is 0.461 e. The Labute approximate surface area is 201 Å². The fraction of sp³-hybridized carbons (Fsp3) is 0.400. The van der Waals surface area contributed by atoms with Crippen LogP contribution in [0.1, 0.15) is 42.2 Å². The molecular formula is C20H27N5O7S2. The molecule has 12 nitrogen and oxygen atoms in total. The van der Waals surface area contributed by atoms with Gasteiger partial charge >= 0.3 is 12.1 Å².